The van der Waals surface area contributed by atoms with Crippen molar-refractivity contribution in [1.29, 1.82) is 0 Å². The number of rotatable bonds is 11. The van der Waals surface area contributed by atoms with E-state index in [0.29, 0.717) is 6.61 Å². The van der Waals surface area contributed by atoms with Crippen LogP contribution in [-0.4, -0.2) is 36.2 Å². The van der Waals surface area contributed by atoms with Gasteiger partial charge in [0.1, 0.15) is 18.1 Å². The number of hydrogen-bond donors (Lipinski definition) is 1. The molecule has 0 spiro atoms. The molecule has 0 unspecified atom stereocenters. The average molecular weight is 366 g/mol. The van der Waals surface area contributed by atoms with Crippen LogP contribution in [0.15, 0.2) is 61.7 Å². The van der Waals surface area contributed by atoms with Gasteiger partial charge in [-0.3, -0.25) is 0 Å². The lowest BCUT2D eigenvalue weighted by molar-refractivity contribution is 0.223. The van der Waals surface area contributed by atoms with Crippen LogP contribution in [0.1, 0.15) is 25.0 Å². The van der Waals surface area contributed by atoms with Crippen LogP contribution in [0.5, 0.6) is 11.5 Å². The number of phenolic OH excluding ortho intramolecular Hbond substituents is 1. The third kappa shape index (κ3) is 5.73. The lowest BCUT2D eigenvalue weighted by Gasteiger charge is -2.20. The average Bonchev–Trinajstić information content (AvgIpc) is 2.68. The summed E-state index contributed by atoms with van der Waals surface area (Å²) < 4.78 is 6.11. The molecule has 0 atom stereocenters. The maximum atomic E-state index is 10.5. The van der Waals surface area contributed by atoms with Crippen molar-refractivity contribution in [2.24, 2.45) is 0 Å². The van der Waals surface area contributed by atoms with Crippen molar-refractivity contribution >= 4 is 0 Å². The molecule has 27 heavy (non-hydrogen) atoms. The van der Waals surface area contributed by atoms with Crippen LogP contribution in [0.4, 0.5) is 0 Å². The van der Waals surface area contributed by atoms with Crippen molar-refractivity contribution < 1.29 is 9.84 Å². The number of nitrogens with zero attached hydrogens (tertiary/aromatic N) is 1. The Balaban J connectivity index is 2.36. The monoisotopic (exact) mass is 365 g/mol. The van der Waals surface area contributed by atoms with Crippen molar-refractivity contribution in [1.82, 2.24) is 4.90 Å². The molecule has 144 valence electrons. The van der Waals surface area contributed by atoms with Gasteiger partial charge in [-0.05, 0) is 61.3 Å². The number of likely N-dealkylation sites (N-methyl/N-ethyl adjacent to an activating group) is 1. The van der Waals surface area contributed by atoms with E-state index in [1.165, 1.54) is 0 Å². The van der Waals surface area contributed by atoms with Gasteiger partial charge in [-0.1, -0.05) is 38.1 Å². The van der Waals surface area contributed by atoms with Crippen LogP contribution in [0, 0.1) is 0 Å². The summed E-state index contributed by atoms with van der Waals surface area (Å²) in [6, 6.07) is 11.8. The molecule has 0 saturated heterocycles. The molecule has 0 saturated carbocycles. The van der Waals surface area contributed by atoms with E-state index in [9.17, 15) is 5.11 Å². The fourth-order valence-corrected chi connectivity index (χ4v) is 3.12. The molecule has 0 heterocycles. The predicted molar refractivity (Wildman–Crippen MR) is 115 cm³/mol. The first-order chi connectivity index (χ1) is 13.1. The molecule has 0 amide bonds. The Labute approximate surface area is 163 Å². The minimum Gasteiger partial charge on any atom is -0.507 e. The summed E-state index contributed by atoms with van der Waals surface area (Å²) in [5.74, 6) is 1.05. The first-order valence-electron chi connectivity index (χ1n) is 9.65. The van der Waals surface area contributed by atoms with Crippen molar-refractivity contribution in [3.8, 4) is 22.6 Å². The predicted octanol–water partition coefficient (Wildman–Crippen LogP) is 5.24. The van der Waals surface area contributed by atoms with Gasteiger partial charge < -0.3 is 14.7 Å². The van der Waals surface area contributed by atoms with Gasteiger partial charge in [0.05, 0.1) is 0 Å². The van der Waals surface area contributed by atoms with Gasteiger partial charge in [0.25, 0.3) is 0 Å². The zero-order valence-electron chi connectivity index (χ0n) is 16.6. The lowest BCUT2D eigenvalue weighted by atomic mass is 9.97. The molecule has 0 aliphatic carbocycles. The van der Waals surface area contributed by atoms with Gasteiger partial charge in [-0.25, -0.2) is 0 Å². The molecule has 2 rings (SSSR count). The van der Waals surface area contributed by atoms with Crippen molar-refractivity contribution in [2.75, 3.05) is 26.2 Å². The number of aromatic hydroxyl groups is 1. The third-order valence-electron chi connectivity index (χ3n) is 4.71. The standard InChI is InChI=1S/C24H31NO2/c1-5-9-19-11-13-23(26)21(17-19)22-18-20(10-6-2)12-14-24(22)27-16-15-25(7-3)8-4/h5-6,11-14,17-18,26H,1-2,7-10,15-16H2,3-4H3. The fourth-order valence-electron chi connectivity index (χ4n) is 3.12. The SMILES string of the molecule is C=CCc1ccc(O)c(-c2cc(CC=C)ccc2OCCN(CC)CC)c1. The van der Waals surface area contributed by atoms with E-state index in [2.05, 4.69) is 44.0 Å². The van der Waals surface area contributed by atoms with E-state index in [-0.39, 0.29) is 5.75 Å². The molecule has 0 aliphatic heterocycles. The van der Waals surface area contributed by atoms with E-state index in [4.69, 9.17) is 4.74 Å². The summed E-state index contributed by atoms with van der Waals surface area (Å²) in [5.41, 5.74) is 3.96. The van der Waals surface area contributed by atoms with E-state index in [0.717, 1.165) is 60.5 Å². The Bertz CT molecular complexity index is 763. The molecule has 0 aliphatic rings. The highest BCUT2D eigenvalue weighted by Crippen LogP contribution is 2.37. The molecule has 3 nitrogen and oxygen atoms in total. The third-order valence-corrected chi connectivity index (χ3v) is 4.71. The second-order valence-electron chi connectivity index (χ2n) is 6.54. The number of ether oxygens (including phenoxy) is 1. The van der Waals surface area contributed by atoms with Gasteiger partial charge in [-0.2, -0.15) is 0 Å². The minimum absolute atomic E-state index is 0.257. The molecule has 0 bridgehead atoms. The molecule has 1 N–H and O–H groups in total. The van der Waals surface area contributed by atoms with E-state index >= 15 is 0 Å². The normalized spacial score (nSPS) is 10.8. The zero-order chi connectivity index (χ0) is 19.6. The molecule has 0 fully saturated rings. The fraction of sp³-hybridized carbons (Fsp3) is 0.333. The van der Waals surface area contributed by atoms with Crippen molar-refractivity contribution in [3.63, 3.8) is 0 Å². The Morgan fingerprint density at radius 2 is 1.52 bits per heavy atom. The molecule has 2 aromatic carbocycles. The quantitative estimate of drug-likeness (QED) is 0.553. The van der Waals surface area contributed by atoms with Crippen LogP contribution in [0.3, 0.4) is 0 Å². The Hall–Kier alpha value is -2.52. The first kappa shape index (κ1) is 20.8. The molecular weight excluding hydrogens is 334 g/mol. The van der Waals surface area contributed by atoms with Crippen LogP contribution in [0.25, 0.3) is 11.1 Å². The maximum Gasteiger partial charge on any atom is 0.127 e. The molecular formula is C24H31NO2. The molecule has 0 aromatic heterocycles. The van der Waals surface area contributed by atoms with E-state index < -0.39 is 0 Å². The summed E-state index contributed by atoms with van der Waals surface area (Å²) in [4.78, 5) is 2.33. The zero-order valence-corrected chi connectivity index (χ0v) is 16.6. The summed E-state index contributed by atoms with van der Waals surface area (Å²) >= 11 is 0. The molecule has 2 aromatic rings. The van der Waals surface area contributed by atoms with Gasteiger partial charge in [0.2, 0.25) is 0 Å². The summed E-state index contributed by atoms with van der Waals surface area (Å²) in [7, 11) is 0. The topological polar surface area (TPSA) is 32.7 Å². The summed E-state index contributed by atoms with van der Waals surface area (Å²) in [6.07, 6.45) is 5.29. The van der Waals surface area contributed by atoms with Gasteiger partial charge in [0, 0.05) is 17.7 Å². The Kier molecular flexibility index (Phi) is 8.15. The summed E-state index contributed by atoms with van der Waals surface area (Å²) in [5, 5.41) is 10.5. The molecule has 3 heteroatoms. The van der Waals surface area contributed by atoms with Crippen molar-refractivity contribution in [2.45, 2.75) is 26.7 Å². The van der Waals surface area contributed by atoms with Crippen LogP contribution >= 0.6 is 0 Å². The highest BCUT2D eigenvalue weighted by molar-refractivity contribution is 5.76. The van der Waals surface area contributed by atoms with Gasteiger partial charge in [0.15, 0.2) is 0 Å². The van der Waals surface area contributed by atoms with Crippen LogP contribution in [-0.2, 0) is 12.8 Å². The number of hydrogen-bond acceptors (Lipinski definition) is 3. The highest BCUT2D eigenvalue weighted by Gasteiger charge is 2.13. The lowest BCUT2D eigenvalue weighted by Crippen LogP contribution is -2.27. The van der Waals surface area contributed by atoms with Gasteiger partial charge in [-0.15, -0.1) is 13.2 Å². The summed E-state index contributed by atoms with van der Waals surface area (Å²) in [6.45, 7) is 15.5. The first-order valence-corrected chi connectivity index (χ1v) is 9.65. The van der Waals surface area contributed by atoms with E-state index in [1.54, 1.807) is 6.07 Å². The smallest absolute Gasteiger partial charge is 0.127 e. The number of benzene rings is 2. The largest absolute Gasteiger partial charge is 0.507 e. The van der Waals surface area contributed by atoms with E-state index in [1.807, 2.05) is 30.4 Å². The van der Waals surface area contributed by atoms with Gasteiger partial charge >= 0.3 is 0 Å². The second-order valence-corrected chi connectivity index (χ2v) is 6.54. The highest BCUT2D eigenvalue weighted by atomic mass is 16.5. The molecule has 0 radical (unpaired) electrons. The Morgan fingerprint density at radius 1 is 0.926 bits per heavy atom. The number of allylic oxidation sites excluding steroid dienone is 2. The number of phenols is 1. The maximum absolute atomic E-state index is 10.5. The minimum atomic E-state index is 0.257. The second kappa shape index (κ2) is 10.6. The Morgan fingerprint density at radius 3 is 2.11 bits per heavy atom. The van der Waals surface area contributed by atoms with Crippen molar-refractivity contribution in [3.05, 3.63) is 72.8 Å². The van der Waals surface area contributed by atoms with Crippen LogP contribution < -0.4 is 4.74 Å². The van der Waals surface area contributed by atoms with Crippen LogP contribution in [0.2, 0.25) is 0 Å².